The number of piperidine rings is 1. The summed E-state index contributed by atoms with van der Waals surface area (Å²) in [6.45, 7) is 3.65. The number of carbonyl (C=O) groups excluding carboxylic acids is 1. The number of rotatable bonds is 7. The minimum absolute atomic E-state index is 0.0979. The van der Waals surface area contributed by atoms with Gasteiger partial charge in [0.25, 0.3) is 5.91 Å². The van der Waals surface area contributed by atoms with Gasteiger partial charge in [0, 0.05) is 36.3 Å². The summed E-state index contributed by atoms with van der Waals surface area (Å²) in [5.74, 6) is 1.59. The molecule has 0 saturated carbocycles. The molecule has 1 aliphatic rings. The van der Waals surface area contributed by atoms with Gasteiger partial charge in [-0.2, -0.15) is 0 Å². The van der Waals surface area contributed by atoms with Gasteiger partial charge in [0.1, 0.15) is 16.5 Å². The fourth-order valence-electron chi connectivity index (χ4n) is 3.26. The first kappa shape index (κ1) is 18.7. The largest absolute Gasteiger partial charge is 0.497 e. The number of hydrogen-bond donors (Lipinski definition) is 1. The minimum atomic E-state index is -0.0979. The third-order valence-corrected chi connectivity index (χ3v) is 5.37. The third kappa shape index (κ3) is 4.95. The predicted octanol–water partition coefficient (Wildman–Crippen LogP) is 2.80. The van der Waals surface area contributed by atoms with E-state index in [4.69, 9.17) is 9.47 Å². The number of aromatic nitrogens is 1. The first-order valence-electron chi connectivity index (χ1n) is 8.80. The van der Waals surface area contributed by atoms with E-state index in [2.05, 4.69) is 15.2 Å². The van der Waals surface area contributed by atoms with Crippen molar-refractivity contribution in [2.45, 2.75) is 19.4 Å². The summed E-state index contributed by atoms with van der Waals surface area (Å²) in [5, 5.41) is 6.23. The SMILES string of the molecule is COc1cc(OC)cc(C(=O)NCC2CCCN(Cc3nccs3)C2)c1. The zero-order valence-corrected chi connectivity index (χ0v) is 16.1. The number of benzene rings is 1. The molecule has 6 nitrogen and oxygen atoms in total. The summed E-state index contributed by atoms with van der Waals surface area (Å²) in [6, 6.07) is 5.22. The van der Waals surface area contributed by atoms with E-state index >= 15 is 0 Å². The molecule has 1 saturated heterocycles. The van der Waals surface area contributed by atoms with Crippen LogP contribution in [0.15, 0.2) is 29.8 Å². The summed E-state index contributed by atoms with van der Waals surface area (Å²) in [7, 11) is 3.16. The van der Waals surface area contributed by atoms with Crippen molar-refractivity contribution in [3.63, 3.8) is 0 Å². The number of ether oxygens (including phenoxy) is 2. The van der Waals surface area contributed by atoms with Gasteiger partial charge in [-0.25, -0.2) is 4.98 Å². The van der Waals surface area contributed by atoms with Gasteiger partial charge < -0.3 is 14.8 Å². The van der Waals surface area contributed by atoms with Crippen LogP contribution in [0.25, 0.3) is 0 Å². The van der Waals surface area contributed by atoms with E-state index < -0.39 is 0 Å². The zero-order chi connectivity index (χ0) is 18.4. The molecular weight excluding hydrogens is 350 g/mol. The van der Waals surface area contributed by atoms with Crippen molar-refractivity contribution < 1.29 is 14.3 Å². The highest BCUT2D eigenvalue weighted by molar-refractivity contribution is 7.09. The number of nitrogens with one attached hydrogen (secondary N) is 1. The van der Waals surface area contributed by atoms with Crippen LogP contribution in [0.4, 0.5) is 0 Å². The van der Waals surface area contributed by atoms with Crippen LogP contribution in [0.1, 0.15) is 28.2 Å². The smallest absolute Gasteiger partial charge is 0.251 e. The Hall–Kier alpha value is -2.12. The maximum absolute atomic E-state index is 12.5. The van der Waals surface area contributed by atoms with Crippen LogP contribution >= 0.6 is 11.3 Å². The van der Waals surface area contributed by atoms with Crippen LogP contribution in [0.2, 0.25) is 0 Å². The second-order valence-corrected chi connectivity index (χ2v) is 7.46. The lowest BCUT2D eigenvalue weighted by atomic mass is 9.98. The van der Waals surface area contributed by atoms with Crippen molar-refractivity contribution in [2.75, 3.05) is 33.9 Å². The van der Waals surface area contributed by atoms with E-state index in [1.165, 1.54) is 0 Å². The molecular formula is C19H25N3O3S. The van der Waals surface area contributed by atoms with Gasteiger partial charge in [-0.15, -0.1) is 11.3 Å². The van der Waals surface area contributed by atoms with Crippen molar-refractivity contribution in [1.82, 2.24) is 15.2 Å². The van der Waals surface area contributed by atoms with Crippen LogP contribution in [0.3, 0.4) is 0 Å². The molecule has 1 amide bonds. The van der Waals surface area contributed by atoms with E-state index in [0.29, 0.717) is 29.5 Å². The van der Waals surface area contributed by atoms with E-state index in [1.54, 1.807) is 43.8 Å². The molecule has 140 valence electrons. The molecule has 1 aliphatic heterocycles. The predicted molar refractivity (Wildman–Crippen MR) is 102 cm³/mol. The van der Waals surface area contributed by atoms with Crippen LogP contribution in [-0.4, -0.2) is 49.6 Å². The summed E-state index contributed by atoms with van der Waals surface area (Å²) < 4.78 is 10.5. The number of hydrogen-bond acceptors (Lipinski definition) is 6. The number of amides is 1. The fraction of sp³-hybridized carbons (Fsp3) is 0.474. The van der Waals surface area contributed by atoms with Crippen LogP contribution < -0.4 is 14.8 Å². The Morgan fingerprint density at radius 2 is 2.08 bits per heavy atom. The van der Waals surface area contributed by atoms with Crippen molar-refractivity contribution >= 4 is 17.2 Å². The molecule has 3 rings (SSSR count). The monoisotopic (exact) mass is 375 g/mol. The molecule has 1 fully saturated rings. The Kier molecular flexibility index (Phi) is 6.46. The number of likely N-dealkylation sites (tertiary alicyclic amines) is 1. The van der Waals surface area contributed by atoms with Gasteiger partial charge in [0.2, 0.25) is 0 Å². The van der Waals surface area contributed by atoms with E-state index in [0.717, 1.165) is 37.5 Å². The van der Waals surface area contributed by atoms with Gasteiger partial charge in [0.05, 0.1) is 20.8 Å². The molecule has 26 heavy (non-hydrogen) atoms. The molecule has 7 heteroatoms. The maximum atomic E-state index is 12.5. The standard InChI is InChI=1S/C19H25N3O3S/c1-24-16-8-15(9-17(10-16)25-2)19(23)21-11-14-4-3-6-22(12-14)13-18-20-5-7-26-18/h5,7-10,14H,3-4,6,11-13H2,1-2H3,(H,21,23). The number of nitrogens with zero attached hydrogens (tertiary/aromatic N) is 2. The van der Waals surface area contributed by atoms with Gasteiger partial charge in [-0.05, 0) is 37.4 Å². The van der Waals surface area contributed by atoms with Crippen molar-refractivity contribution in [2.24, 2.45) is 5.92 Å². The molecule has 0 spiro atoms. The Morgan fingerprint density at radius 1 is 1.31 bits per heavy atom. The van der Waals surface area contributed by atoms with Crippen molar-refractivity contribution in [1.29, 1.82) is 0 Å². The quantitative estimate of drug-likeness (QED) is 0.806. The second kappa shape index (κ2) is 9.00. The molecule has 2 heterocycles. The Bertz CT molecular complexity index is 699. The Morgan fingerprint density at radius 3 is 2.73 bits per heavy atom. The first-order valence-corrected chi connectivity index (χ1v) is 9.68. The zero-order valence-electron chi connectivity index (χ0n) is 15.2. The number of methoxy groups -OCH3 is 2. The fourth-order valence-corrected chi connectivity index (χ4v) is 3.92. The summed E-state index contributed by atoms with van der Waals surface area (Å²) in [4.78, 5) is 19.3. The highest BCUT2D eigenvalue weighted by atomic mass is 32.1. The summed E-state index contributed by atoms with van der Waals surface area (Å²) in [5.41, 5.74) is 0.552. The average molecular weight is 375 g/mol. The van der Waals surface area contributed by atoms with Crippen LogP contribution in [-0.2, 0) is 6.54 Å². The molecule has 2 aromatic rings. The van der Waals surface area contributed by atoms with Crippen LogP contribution in [0.5, 0.6) is 11.5 Å². The molecule has 1 aromatic carbocycles. The Labute approximate surface area is 158 Å². The number of carbonyl (C=O) groups is 1. The van der Waals surface area contributed by atoms with E-state index in [9.17, 15) is 4.79 Å². The topological polar surface area (TPSA) is 63.7 Å². The van der Waals surface area contributed by atoms with Crippen molar-refractivity contribution in [3.8, 4) is 11.5 Å². The second-order valence-electron chi connectivity index (χ2n) is 6.48. The summed E-state index contributed by atoms with van der Waals surface area (Å²) in [6.07, 6.45) is 4.14. The van der Waals surface area contributed by atoms with E-state index in [-0.39, 0.29) is 5.91 Å². The van der Waals surface area contributed by atoms with Gasteiger partial charge in [-0.1, -0.05) is 0 Å². The maximum Gasteiger partial charge on any atom is 0.251 e. The molecule has 1 unspecified atom stereocenters. The normalized spacial score (nSPS) is 17.7. The van der Waals surface area contributed by atoms with E-state index in [1.807, 2.05) is 11.6 Å². The highest BCUT2D eigenvalue weighted by Crippen LogP contribution is 2.23. The minimum Gasteiger partial charge on any atom is -0.497 e. The van der Waals surface area contributed by atoms with Crippen molar-refractivity contribution in [3.05, 3.63) is 40.3 Å². The molecule has 0 aliphatic carbocycles. The molecule has 1 atom stereocenters. The van der Waals surface area contributed by atoms with Crippen LogP contribution in [0, 0.1) is 5.92 Å². The van der Waals surface area contributed by atoms with Gasteiger partial charge >= 0.3 is 0 Å². The molecule has 0 radical (unpaired) electrons. The molecule has 1 N–H and O–H groups in total. The lowest BCUT2D eigenvalue weighted by Crippen LogP contribution is -2.40. The highest BCUT2D eigenvalue weighted by Gasteiger charge is 2.21. The third-order valence-electron chi connectivity index (χ3n) is 4.61. The summed E-state index contributed by atoms with van der Waals surface area (Å²) >= 11 is 1.69. The lowest BCUT2D eigenvalue weighted by molar-refractivity contribution is 0.0930. The average Bonchev–Trinajstić information content (AvgIpc) is 3.19. The molecule has 0 bridgehead atoms. The Balaban J connectivity index is 1.54. The lowest BCUT2D eigenvalue weighted by Gasteiger charge is -2.32. The number of thiazole rings is 1. The molecule has 1 aromatic heterocycles. The first-order chi connectivity index (χ1) is 12.7. The van der Waals surface area contributed by atoms with Gasteiger partial charge in [0.15, 0.2) is 0 Å². The van der Waals surface area contributed by atoms with Gasteiger partial charge in [-0.3, -0.25) is 9.69 Å².